The molecule has 0 heterocycles. The van der Waals surface area contributed by atoms with Crippen LogP contribution < -0.4 is 11.1 Å². The topological polar surface area (TPSA) is 72.2 Å². The van der Waals surface area contributed by atoms with Gasteiger partial charge < -0.3 is 11.1 Å². The van der Waals surface area contributed by atoms with Gasteiger partial charge >= 0.3 is 0 Å². The number of carbonyl (C=O) groups excluding carboxylic acids is 2. The van der Waals surface area contributed by atoms with Crippen LogP contribution in [0.5, 0.6) is 0 Å². The van der Waals surface area contributed by atoms with E-state index in [1.165, 1.54) is 0 Å². The molecule has 4 heteroatoms. The Labute approximate surface area is 124 Å². The van der Waals surface area contributed by atoms with Gasteiger partial charge in [-0.05, 0) is 16.3 Å². The number of nitrogens with one attached hydrogen (secondary N) is 1. The summed E-state index contributed by atoms with van der Waals surface area (Å²) in [4.78, 5) is 23.3. The van der Waals surface area contributed by atoms with E-state index < -0.39 is 11.9 Å². The van der Waals surface area contributed by atoms with E-state index in [2.05, 4.69) is 5.32 Å². The maximum absolute atomic E-state index is 11.7. The van der Waals surface area contributed by atoms with Crippen molar-refractivity contribution < 1.29 is 9.59 Å². The van der Waals surface area contributed by atoms with Gasteiger partial charge in [0, 0.05) is 12.3 Å². The van der Waals surface area contributed by atoms with Gasteiger partial charge in [-0.15, -0.1) is 0 Å². The number of primary amides is 1. The third kappa shape index (κ3) is 3.81. The van der Waals surface area contributed by atoms with Crippen molar-refractivity contribution in [2.24, 2.45) is 11.7 Å². The molecule has 21 heavy (non-hydrogen) atoms. The van der Waals surface area contributed by atoms with Crippen LogP contribution in [0, 0.1) is 5.92 Å². The monoisotopic (exact) mass is 284 g/mol. The zero-order valence-corrected chi connectivity index (χ0v) is 12.3. The second-order valence-corrected chi connectivity index (χ2v) is 5.50. The molecule has 0 fully saturated rings. The van der Waals surface area contributed by atoms with E-state index in [1.807, 2.05) is 42.5 Å². The Balaban J connectivity index is 2.18. The first-order valence-corrected chi connectivity index (χ1v) is 7.04. The summed E-state index contributed by atoms with van der Waals surface area (Å²) in [6, 6.07) is 13.3. The van der Waals surface area contributed by atoms with Crippen LogP contribution in [0.15, 0.2) is 42.5 Å². The number of benzene rings is 2. The lowest BCUT2D eigenvalue weighted by atomic mass is 10.0. The number of fused-ring (bicyclic) bond motifs is 1. The molecule has 0 aliphatic rings. The number of carbonyl (C=O) groups is 2. The molecule has 0 unspecified atom stereocenters. The summed E-state index contributed by atoms with van der Waals surface area (Å²) in [7, 11) is 0. The quantitative estimate of drug-likeness (QED) is 0.881. The van der Waals surface area contributed by atoms with Gasteiger partial charge in [0.05, 0.1) is 0 Å². The normalized spacial score (nSPS) is 12.3. The highest BCUT2D eigenvalue weighted by Gasteiger charge is 2.20. The van der Waals surface area contributed by atoms with Crippen LogP contribution in [0.25, 0.3) is 10.8 Å². The van der Waals surface area contributed by atoms with Gasteiger partial charge in [-0.3, -0.25) is 9.59 Å². The Hall–Kier alpha value is -2.36. The number of nitrogens with two attached hydrogens (primary N) is 1. The molecule has 4 nitrogen and oxygen atoms in total. The molecule has 0 aromatic heterocycles. The molecule has 110 valence electrons. The Morgan fingerprint density at radius 1 is 1.10 bits per heavy atom. The molecular weight excluding hydrogens is 264 g/mol. The van der Waals surface area contributed by atoms with Gasteiger partial charge in [-0.25, -0.2) is 0 Å². The summed E-state index contributed by atoms with van der Waals surface area (Å²) >= 11 is 0. The first-order valence-electron chi connectivity index (χ1n) is 7.04. The molecule has 0 saturated carbocycles. The molecule has 0 aliphatic heterocycles. The van der Waals surface area contributed by atoms with Crippen LogP contribution in [0.3, 0.4) is 0 Å². The van der Waals surface area contributed by atoms with Crippen LogP contribution in [-0.4, -0.2) is 17.9 Å². The second kappa shape index (κ2) is 6.39. The maximum Gasteiger partial charge on any atom is 0.240 e. The van der Waals surface area contributed by atoms with Crippen molar-refractivity contribution >= 4 is 22.6 Å². The molecule has 2 aromatic carbocycles. The van der Waals surface area contributed by atoms with Crippen molar-refractivity contribution in [2.45, 2.75) is 26.3 Å². The van der Waals surface area contributed by atoms with E-state index in [0.717, 1.165) is 16.3 Å². The number of amides is 2. The van der Waals surface area contributed by atoms with Crippen molar-refractivity contribution in [3.63, 3.8) is 0 Å². The summed E-state index contributed by atoms with van der Waals surface area (Å²) in [5.74, 6) is -0.861. The maximum atomic E-state index is 11.7. The second-order valence-electron chi connectivity index (χ2n) is 5.50. The predicted molar refractivity (Wildman–Crippen MR) is 83.6 cm³/mol. The third-order valence-electron chi connectivity index (χ3n) is 3.44. The van der Waals surface area contributed by atoms with Gasteiger partial charge in [0.2, 0.25) is 11.8 Å². The molecule has 2 amide bonds. The van der Waals surface area contributed by atoms with Crippen LogP contribution >= 0.6 is 0 Å². The third-order valence-corrected chi connectivity index (χ3v) is 3.44. The predicted octanol–water partition coefficient (Wildman–Crippen LogP) is 2.01. The van der Waals surface area contributed by atoms with Crippen LogP contribution in [0.1, 0.15) is 19.4 Å². The Bertz CT molecular complexity index is 665. The fourth-order valence-electron chi connectivity index (χ4n) is 2.16. The molecule has 2 aromatic rings. The Morgan fingerprint density at radius 2 is 1.76 bits per heavy atom. The average Bonchev–Trinajstić information content (AvgIpc) is 2.46. The van der Waals surface area contributed by atoms with E-state index in [1.54, 1.807) is 13.8 Å². The summed E-state index contributed by atoms with van der Waals surface area (Å²) in [6.45, 7) is 3.56. The van der Waals surface area contributed by atoms with Gasteiger partial charge in [0.25, 0.3) is 0 Å². The van der Waals surface area contributed by atoms with Crippen molar-refractivity contribution in [1.82, 2.24) is 5.32 Å². The summed E-state index contributed by atoms with van der Waals surface area (Å²) in [5, 5.41) is 4.95. The zero-order chi connectivity index (χ0) is 15.4. The zero-order valence-electron chi connectivity index (χ0n) is 12.3. The number of hydrogen-bond acceptors (Lipinski definition) is 2. The molecule has 0 radical (unpaired) electrons. The summed E-state index contributed by atoms with van der Waals surface area (Å²) < 4.78 is 0. The Kier molecular flexibility index (Phi) is 4.58. The fraction of sp³-hybridized carbons (Fsp3) is 0.294. The molecule has 0 spiro atoms. The van der Waals surface area contributed by atoms with E-state index in [-0.39, 0.29) is 11.8 Å². The first kappa shape index (κ1) is 15.0. The fourth-order valence-corrected chi connectivity index (χ4v) is 2.16. The van der Waals surface area contributed by atoms with Crippen molar-refractivity contribution in [3.8, 4) is 0 Å². The van der Waals surface area contributed by atoms with Gasteiger partial charge in [-0.1, -0.05) is 56.3 Å². The van der Waals surface area contributed by atoms with E-state index in [4.69, 9.17) is 5.73 Å². The lowest BCUT2D eigenvalue weighted by molar-refractivity contribution is -0.129. The van der Waals surface area contributed by atoms with Crippen LogP contribution in [-0.2, 0) is 16.0 Å². The molecule has 3 N–H and O–H groups in total. The first-order chi connectivity index (χ1) is 9.97. The minimum Gasteiger partial charge on any atom is -0.368 e. The largest absolute Gasteiger partial charge is 0.368 e. The minimum atomic E-state index is -0.680. The number of hydrogen-bond donors (Lipinski definition) is 2. The lowest BCUT2D eigenvalue weighted by Gasteiger charge is -2.17. The van der Waals surface area contributed by atoms with Crippen LogP contribution in [0.4, 0.5) is 0 Å². The molecule has 0 aliphatic carbocycles. The Morgan fingerprint density at radius 3 is 2.38 bits per heavy atom. The molecular formula is C17H20N2O2. The highest BCUT2D eigenvalue weighted by molar-refractivity contribution is 5.88. The van der Waals surface area contributed by atoms with E-state index in [9.17, 15) is 9.59 Å². The molecule has 0 bridgehead atoms. The van der Waals surface area contributed by atoms with Crippen molar-refractivity contribution in [2.75, 3.05) is 0 Å². The number of rotatable bonds is 5. The van der Waals surface area contributed by atoms with Crippen molar-refractivity contribution in [1.29, 1.82) is 0 Å². The molecule has 2 rings (SSSR count). The molecule has 0 saturated heterocycles. The highest BCUT2D eigenvalue weighted by Crippen LogP contribution is 2.16. The van der Waals surface area contributed by atoms with Crippen LogP contribution in [0.2, 0.25) is 0 Å². The summed E-state index contributed by atoms with van der Waals surface area (Å²) in [6.07, 6.45) is 0.401. The standard InChI is InChI=1S/C17H20N2O2/c1-11(2)17(21)19-15(16(18)20)10-12-7-8-13-5-3-4-6-14(13)9-12/h3-9,11,15H,10H2,1-2H3,(H2,18,20)(H,19,21)/t15-/m1/s1. The van der Waals surface area contributed by atoms with Gasteiger partial charge in [-0.2, -0.15) is 0 Å². The summed E-state index contributed by atoms with van der Waals surface area (Å²) in [5.41, 5.74) is 6.37. The average molecular weight is 284 g/mol. The highest BCUT2D eigenvalue weighted by atomic mass is 16.2. The van der Waals surface area contributed by atoms with Crippen molar-refractivity contribution in [3.05, 3.63) is 48.0 Å². The minimum absolute atomic E-state index is 0.167. The SMILES string of the molecule is CC(C)C(=O)N[C@H](Cc1ccc2ccccc2c1)C(N)=O. The van der Waals surface area contributed by atoms with Gasteiger partial charge in [0.1, 0.15) is 6.04 Å². The molecule has 1 atom stereocenters. The smallest absolute Gasteiger partial charge is 0.240 e. The lowest BCUT2D eigenvalue weighted by Crippen LogP contribution is -2.47. The van der Waals surface area contributed by atoms with Gasteiger partial charge in [0.15, 0.2) is 0 Å². The van der Waals surface area contributed by atoms with E-state index in [0.29, 0.717) is 6.42 Å². The van der Waals surface area contributed by atoms with E-state index >= 15 is 0 Å².